The molecular formula is C21H22N6. The highest BCUT2D eigenvalue weighted by molar-refractivity contribution is 5.85. The third kappa shape index (κ3) is 2.93. The van der Waals surface area contributed by atoms with Gasteiger partial charge in [-0.05, 0) is 33.3 Å². The fourth-order valence-electron chi connectivity index (χ4n) is 3.15. The molecule has 0 fully saturated rings. The molecular weight excluding hydrogens is 336 g/mol. The molecule has 6 heteroatoms. The summed E-state index contributed by atoms with van der Waals surface area (Å²) in [6.07, 6.45) is 3.87. The lowest BCUT2D eigenvalue weighted by Gasteiger charge is -2.04. The molecule has 6 nitrogen and oxygen atoms in total. The Labute approximate surface area is 158 Å². The Kier molecular flexibility index (Phi) is 4.11. The van der Waals surface area contributed by atoms with Gasteiger partial charge in [0.05, 0.1) is 17.1 Å². The van der Waals surface area contributed by atoms with E-state index in [9.17, 15) is 0 Å². The fourth-order valence-corrected chi connectivity index (χ4v) is 3.15. The molecule has 4 aromatic rings. The second-order valence-electron chi connectivity index (χ2n) is 6.83. The van der Waals surface area contributed by atoms with Crippen LogP contribution in [-0.4, -0.2) is 29.1 Å². The summed E-state index contributed by atoms with van der Waals surface area (Å²) < 4.78 is 3.90. The second kappa shape index (κ2) is 6.46. The molecule has 0 aliphatic carbocycles. The number of fused-ring (bicyclic) bond motifs is 1. The highest BCUT2D eigenvalue weighted by Crippen LogP contribution is 2.26. The van der Waals surface area contributed by atoms with Gasteiger partial charge in [-0.1, -0.05) is 30.3 Å². The zero-order valence-corrected chi connectivity index (χ0v) is 16.2. The van der Waals surface area contributed by atoms with E-state index in [0.717, 1.165) is 45.3 Å². The van der Waals surface area contributed by atoms with E-state index in [-0.39, 0.29) is 0 Å². The van der Waals surface area contributed by atoms with Crippen LogP contribution in [0.5, 0.6) is 0 Å². The van der Waals surface area contributed by atoms with Gasteiger partial charge in [0.2, 0.25) is 0 Å². The number of hydrogen-bond donors (Lipinski definition) is 0. The Morgan fingerprint density at radius 2 is 1.70 bits per heavy atom. The van der Waals surface area contributed by atoms with Gasteiger partial charge in [-0.25, -0.2) is 14.5 Å². The first-order valence-electron chi connectivity index (χ1n) is 8.91. The Hall–Kier alpha value is -3.28. The van der Waals surface area contributed by atoms with Gasteiger partial charge < -0.3 is 4.57 Å². The minimum Gasteiger partial charge on any atom is -0.334 e. The number of allylic oxidation sites excluding steroid dienone is 2. The standard InChI is InChI=1S/C21H22N6/c1-13-11-22-16(4)21-24-19(25-27(13)21)14(2)15(3)20-23-18(12-26(20)5)17-9-7-6-8-10-17/h6-12H,1-5H3. The molecule has 0 saturated carbocycles. The Morgan fingerprint density at radius 1 is 0.963 bits per heavy atom. The summed E-state index contributed by atoms with van der Waals surface area (Å²) in [7, 11) is 2.01. The molecule has 0 aliphatic heterocycles. The number of aromatic nitrogens is 6. The van der Waals surface area contributed by atoms with Crippen molar-refractivity contribution in [2.45, 2.75) is 27.7 Å². The van der Waals surface area contributed by atoms with E-state index in [0.29, 0.717) is 5.82 Å². The highest BCUT2D eigenvalue weighted by Gasteiger charge is 2.16. The summed E-state index contributed by atoms with van der Waals surface area (Å²) in [5, 5.41) is 4.68. The average Bonchev–Trinajstić information content (AvgIpc) is 3.29. The first kappa shape index (κ1) is 17.1. The van der Waals surface area contributed by atoms with Gasteiger partial charge in [0.1, 0.15) is 5.82 Å². The molecule has 3 aromatic heterocycles. The average molecular weight is 358 g/mol. The largest absolute Gasteiger partial charge is 0.334 e. The topological polar surface area (TPSA) is 60.9 Å². The fraction of sp³-hybridized carbons (Fsp3) is 0.238. The van der Waals surface area contributed by atoms with Crippen LogP contribution in [0.15, 0.2) is 42.7 Å². The summed E-state index contributed by atoms with van der Waals surface area (Å²) in [4.78, 5) is 13.9. The third-order valence-corrected chi connectivity index (χ3v) is 4.89. The second-order valence-corrected chi connectivity index (χ2v) is 6.83. The van der Waals surface area contributed by atoms with E-state index >= 15 is 0 Å². The van der Waals surface area contributed by atoms with E-state index in [2.05, 4.69) is 39.9 Å². The summed E-state index contributed by atoms with van der Waals surface area (Å²) in [5.41, 5.74) is 6.75. The highest BCUT2D eigenvalue weighted by atomic mass is 15.3. The number of benzene rings is 1. The Bertz CT molecular complexity index is 1130. The minimum absolute atomic E-state index is 0.705. The zero-order valence-electron chi connectivity index (χ0n) is 16.2. The van der Waals surface area contributed by atoms with E-state index in [1.165, 1.54) is 0 Å². The molecule has 0 radical (unpaired) electrons. The van der Waals surface area contributed by atoms with Crippen LogP contribution in [0.2, 0.25) is 0 Å². The van der Waals surface area contributed by atoms with E-state index in [1.54, 1.807) is 0 Å². The number of hydrogen-bond acceptors (Lipinski definition) is 4. The third-order valence-electron chi connectivity index (χ3n) is 4.89. The summed E-state index contributed by atoms with van der Waals surface area (Å²) in [6.45, 7) is 8.04. The molecule has 0 aliphatic rings. The van der Waals surface area contributed by atoms with Crippen molar-refractivity contribution in [1.82, 2.24) is 29.1 Å². The van der Waals surface area contributed by atoms with Crippen molar-refractivity contribution in [3.05, 3.63) is 65.8 Å². The van der Waals surface area contributed by atoms with Crippen molar-refractivity contribution in [2.24, 2.45) is 7.05 Å². The van der Waals surface area contributed by atoms with Crippen LogP contribution in [0, 0.1) is 13.8 Å². The van der Waals surface area contributed by atoms with Crippen molar-refractivity contribution in [1.29, 1.82) is 0 Å². The number of imidazole rings is 1. The minimum atomic E-state index is 0.705. The van der Waals surface area contributed by atoms with Gasteiger partial charge in [0.25, 0.3) is 0 Å². The van der Waals surface area contributed by atoms with Crippen LogP contribution in [-0.2, 0) is 7.05 Å². The maximum absolute atomic E-state index is 4.85. The molecule has 4 rings (SSSR count). The van der Waals surface area contributed by atoms with Gasteiger partial charge >= 0.3 is 0 Å². The van der Waals surface area contributed by atoms with E-state index in [1.807, 2.05) is 56.7 Å². The van der Waals surface area contributed by atoms with Crippen LogP contribution in [0.1, 0.15) is 36.9 Å². The quantitative estimate of drug-likeness (QED) is 0.553. The van der Waals surface area contributed by atoms with Gasteiger partial charge in [0.15, 0.2) is 11.5 Å². The van der Waals surface area contributed by atoms with E-state index < -0.39 is 0 Å². The molecule has 3 heterocycles. The van der Waals surface area contributed by atoms with Crippen LogP contribution in [0.3, 0.4) is 0 Å². The normalized spacial score (nSPS) is 12.5. The zero-order chi connectivity index (χ0) is 19.1. The van der Waals surface area contributed by atoms with Crippen LogP contribution < -0.4 is 0 Å². The summed E-state index contributed by atoms with van der Waals surface area (Å²) >= 11 is 0. The van der Waals surface area contributed by atoms with Crippen molar-refractivity contribution >= 4 is 16.8 Å². The predicted octanol–water partition coefficient (Wildman–Crippen LogP) is 4.09. The molecule has 0 N–H and O–H groups in total. The summed E-state index contributed by atoms with van der Waals surface area (Å²) in [5.74, 6) is 1.62. The van der Waals surface area contributed by atoms with Crippen LogP contribution in [0.25, 0.3) is 28.1 Å². The van der Waals surface area contributed by atoms with Crippen molar-refractivity contribution in [2.75, 3.05) is 0 Å². The molecule has 0 atom stereocenters. The van der Waals surface area contributed by atoms with Crippen LogP contribution >= 0.6 is 0 Å². The maximum atomic E-state index is 4.85. The monoisotopic (exact) mass is 358 g/mol. The maximum Gasteiger partial charge on any atom is 0.178 e. The van der Waals surface area contributed by atoms with Crippen LogP contribution in [0.4, 0.5) is 0 Å². The molecule has 0 saturated heterocycles. The molecule has 0 amide bonds. The molecule has 0 unspecified atom stereocenters. The molecule has 1 aromatic carbocycles. The molecule has 0 bridgehead atoms. The van der Waals surface area contributed by atoms with E-state index in [4.69, 9.17) is 9.97 Å². The summed E-state index contributed by atoms with van der Waals surface area (Å²) in [6, 6.07) is 10.2. The number of aryl methyl sites for hydroxylation is 3. The lowest BCUT2D eigenvalue weighted by molar-refractivity contribution is 0.878. The lowest BCUT2D eigenvalue weighted by atomic mass is 10.1. The smallest absolute Gasteiger partial charge is 0.178 e. The molecule has 27 heavy (non-hydrogen) atoms. The van der Waals surface area contributed by atoms with Gasteiger partial charge in [0, 0.05) is 30.6 Å². The Morgan fingerprint density at radius 3 is 2.41 bits per heavy atom. The van der Waals surface area contributed by atoms with Gasteiger partial charge in [-0.3, -0.25) is 4.98 Å². The SMILES string of the molecule is CC(=C(C)c1nc(-c2ccccc2)cn1C)c1nc2c(C)ncc(C)n2n1. The Balaban J connectivity index is 1.81. The number of nitrogens with zero attached hydrogens (tertiary/aromatic N) is 6. The predicted molar refractivity (Wildman–Crippen MR) is 107 cm³/mol. The van der Waals surface area contributed by atoms with Gasteiger partial charge in [-0.15, -0.1) is 5.10 Å². The lowest BCUT2D eigenvalue weighted by Crippen LogP contribution is -1.98. The first-order valence-corrected chi connectivity index (χ1v) is 8.91. The number of rotatable bonds is 3. The molecule has 0 spiro atoms. The van der Waals surface area contributed by atoms with Crippen molar-refractivity contribution < 1.29 is 0 Å². The van der Waals surface area contributed by atoms with Gasteiger partial charge in [-0.2, -0.15) is 0 Å². The first-order chi connectivity index (χ1) is 13.0. The van der Waals surface area contributed by atoms with Crippen molar-refractivity contribution in [3.63, 3.8) is 0 Å². The molecule has 136 valence electrons. The van der Waals surface area contributed by atoms with Crippen molar-refractivity contribution in [3.8, 4) is 11.3 Å².